The molecule has 4 rings (SSSR count). The molecule has 0 radical (unpaired) electrons. The van der Waals surface area contributed by atoms with Crippen molar-refractivity contribution in [2.24, 2.45) is 5.92 Å². The summed E-state index contributed by atoms with van der Waals surface area (Å²) < 4.78 is 5.34. The number of morpholine rings is 1. The van der Waals surface area contributed by atoms with E-state index in [2.05, 4.69) is 19.8 Å². The summed E-state index contributed by atoms with van der Waals surface area (Å²) in [5, 5.41) is 0. The number of likely N-dealkylation sites (tertiary alicyclic amines) is 1. The van der Waals surface area contributed by atoms with Crippen LogP contribution in [0.5, 0.6) is 0 Å². The fourth-order valence-corrected chi connectivity index (χ4v) is 3.75. The molecule has 7 nitrogen and oxygen atoms in total. The number of hydrogen-bond acceptors (Lipinski definition) is 5. The Morgan fingerprint density at radius 1 is 1.14 bits per heavy atom. The molecule has 7 heteroatoms. The summed E-state index contributed by atoms with van der Waals surface area (Å²) in [6.07, 6.45) is 4.62. The third-order valence-electron chi connectivity index (χ3n) is 4.91. The Balaban J connectivity index is 1.45. The highest BCUT2D eigenvalue weighted by molar-refractivity contribution is 5.75. The summed E-state index contributed by atoms with van der Waals surface area (Å²) in [4.78, 5) is 27.6. The standard InChI is InChI=1S/C15H21N5O2/c21-15(18-6-8-22-9-7-18)20-5-2-12-10-19(11-13(12)20)14-16-3-1-4-17-14/h1,3-4,12-13H,2,5-11H2/t12-,13+/m1/s1. The van der Waals surface area contributed by atoms with E-state index in [-0.39, 0.29) is 6.03 Å². The van der Waals surface area contributed by atoms with Crippen molar-refractivity contribution in [1.29, 1.82) is 0 Å². The van der Waals surface area contributed by atoms with Crippen LogP contribution in [0, 0.1) is 5.92 Å². The van der Waals surface area contributed by atoms with Crippen molar-refractivity contribution in [2.75, 3.05) is 50.8 Å². The van der Waals surface area contributed by atoms with Gasteiger partial charge >= 0.3 is 6.03 Å². The van der Waals surface area contributed by atoms with Crippen LogP contribution in [-0.2, 0) is 4.74 Å². The minimum atomic E-state index is 0.173. The smallest absolute Gasteiger partial charge is 0.320 e. The van der Waals surface area contributed by atoms with Gasteiger partial charge in [0.25, 0.3) is 0 Å². The minimum absolute atomic E-state index is 0.173. The van der Waals surface area contributed by atoms with Gasteiger partial charge in [0.15, 0.2) is 0 Å². The van der Waals surface area contributed by atoms with Crippen LogP contribution in [0.25, 0.3) is 0 Å². The number of fused-ring (bicyclic) bond motifs is 1. The van der Waals surface area contributed by atoms with Crippen LogP contribution in [0.1, 0.15) is 6.42 Å². The van der Waals surface area contributed by atoms with E-state index in [1.54, 1.807) is 12.4 Å². The molecule has 1 aromatic heterocycles. The molecule has 118 valence electrons. The maximum atomic E-state index is 12.7. The van der Waals surface area contributed by atoms with Crippen molar-refractivity contribution in [1.82, 2.24) is 19.8 Å². The van der Waals surface area contributed by atoms with Gasteiger partial charge in [-0.3, -0.25) is 0 Å². The Morgan fingerprint density at radius 2 is 1.91 bits per heavy atom. The molecule has 3 fully saturated rings. The molecule has 22 heavy (non-hydrogen) atoms. The Labute approximate surface area is 129 Å². The van der Waals surface area contributed by atoms with E-state index in [0.717, 1.165) is 32.0 Å². The zero-order chi connectivity index (χ0) is 14.9. The third kappa shape index (κ3) is 2.39. The second kappa shape index (κ2) is 5.72. The number of amides is 2. The van der Waals surface area contributed by atoms with E-state index in [4.69, 9.17) is 4.74 Å². The second-order valence-corrected chi connectivity index (χ2v) is 6.15. The van der Waals surface area contributed by atoms with E-state index < -0.39 is 0 Å². The predicted molar refractivity (Wildman–Crippen MR) is 80.6 cm³/mol. The Bertz CT molecular complexity index is 534. The lowest BCUT2D eigenvalue weighted by Crippen LogP contribution is -2.51. The molecular formula is C15H21N5O2. The first kappa shape index (κ1) is 13.8. The maximum Gasteiger partial charge on any atom is 0.320 e. The molecule has 0 unspecified atom stereocenters. The summed E-state index contributed by atoms with van der Waals surface area (Å²) in [5.41, 5.74) is 0. The molecule has 0 bridgehead atoms. The van der Waals surface area contributed by atoms with Crippen LogP contribution in [0.15, 0.2) is 18.5 Å². The number of carbonyl (C=O) groups excluding carboxylic acids is 1. The number of carbonyl (C=O) groups is 1. The largest absolute Gasteiger partial charge is 0.378 e. The number of anilines is 1. The van der Waals surface area contributed by atoms with Crippen LogP contribution in [0.3, 0.4) is 0 Å². The van der Waals surface area contributed by atoms with Gasteiger partial charge in [-0.1, -0.05) is 0 Å². The van der Waals surface area contributed by atoms with Gasteiger partial charge in [-0.25, -0.2) is 14.8 Å². The number of rotatable bonds is 1. The molecule has 2 atom stereocenters. The normalized spacial score (nSPS) is 28.1. The molecule has 3 saturated heterocycles. The van der Waals surface area contributed by atoms with Crippen molar-refractivity contribution >= 4 is 12.0 Å². The minimum Gasteiger partial charge on any atom is -0.378 e. The van der Waals surface area contributed by atoms with E-state index in [1.165, 1.54) is 0 Å². The van der Waals surface area contributed by atoms with Gasteiger partial charge in [-0.05, 0) is 12.5 Å². The second-order valence-electron chi connectivity index (χ2n) is 6.15. The van der Waals surface area contributed by atoms with Gasteiger partial charge in [0.2, 0.25) is 5.95 Å². The predicted octanol–water partition coefficient (Wildman–Crippen LogP) is 0.439. The fraction of sp³-hybridized carbons (Fsp3) is 0.667. The number of hydrogen-bond donors (Lipinski definition) is 0. The fourth-order valence-electron chi connectivity index (χ4n) is 3.75. The van der Waals surface area contributed by atoms with Gasteiger partial charge < -0.3 is 19.4 Å². The summed E-state index contributed by atoms with van der Waals surface area (Å²) in [7, 11) is 0. The van der Waals surface area contributed by atoms with Gasteiger partial charge in [0, 0.05) is 51.0 Å². The van der Waals surface area contributed by atoms with Gasteiger partial charge in [-0.2, -0.15) is 0 Å². The van der Waals surface area contributed by atoms with Crippen molar-refractivity contribution < 1.29 is 9.53 Å². The van der Waals surface area contributed by atoms with Crippen LogP contribution < -0.4 is 4.90 Å². The molecular weight excluding hydrogens is 282 g/mol. The average Bonchev–Trinajstić information content (AvgIpc) is 3.16. The van der Waals surface area contributed by atoms with Crippen molar-refractivity contribution in [3.8, 4) is 0 Å². The quantitative estimate of drug-likeness (QED) is 0.753. The summed E-state index contributed by atoms with van der Waals surface area (Å²) in [6, 6.07) is 2.29. The first-order valence-electron chi connectivity index (χ1n) is 7.98. The van der Waals surface area contributed by atoms with Crippen LogP contribution in [0.4, 0.5) is 10.7 Å². The first-order chi connectivity index (χ1) is 10.8. The van der Waals surface area contributed by atoms with E-state index >= 15 is 0 Å². The van der Waals surface area contributed by atoms with E-state index in [0.29, 0.717) is 38.3 Å². The lowest BCUT2D eigenvalue weighted by molar-refractivity contribution is 0.0423. The summed E-state index contributed by atoms with van der Waals surface area (Å²) in [5.74, 6) is 1.31. The lowest BCUT2D eigenvalue weighted by atomic mass is 10.1. The highest BCUT2D eigenvalue weighted by atomic mass is 16.5. The monoisotopic (exact) mass is 303 g/mol. The Kier molecular flexibility index (Phi) is 3.57. The highest BCUT2D eigenvalue weighted by Crippen LogP contribution is 2.33. The number of urea groups is 1. The molecule has 2 amide bonds. The molecule has 1 aromatic rings. The topological polar surface area (TPSA) is 61.8 Å². The Hall–Kier alpha value is -1.89. The first-order valence-corrected chi connectivity index (χ1v) is 7.98. The van der Waals surface area contributed by atoms with Crippen LogP contribution >= 0.6 is 0 Å². The Morgan fingerprint density at radius 3 is 2.68 bits per heavy atom. The molecule has 0 aromatic carbocycles. The SMILES string of the molecule is O=C(N1CCOCC1)N1CC[C@@H]2CN(c3ncccn3)C[C@@H]21. The molecule has 4 heterocycles. The zero-order valence-electron chi connectivity index (χ0n) is 12.6. The number of ether oxygens (including phenoxy) is 1. The number of aromatic nitrogens is 2. The van der Waals surface area contributed by atoms with E-state index in [9.17, 15) is 4.79 Å². The highest BCUT2D eigenvalue weighted by Gasteiger charge is 2.45. The summed E-state index contributed by atoms with van der Waals surface area (Å²) in [6.45, 7) is 5.37. The average molecular weight is 303 g/mol. The molecule has 3 aliphatic rings. The zero-order valence-corrected chi connectivity index (χ0v) is 12.6. The van der Waals surface area contributed by atoms with Crippen molar-refractivity contribution in [2.45, 2.75) is 12.5 Å². The van der Waals surface area contributed by atoms with Crippen LogP contribution in [-0.4, -0.2) is 77.8 Å². The third-order valence-corrected chi connectivity index (χ3v) is 4.91. The van der Waals surface area contributed by atoms with Gasteiger partial charge in [-0.15, -0.1) is 0 Å². The molecule has 0 spiro atoms. The van der Waals surface area contributed by atoms with Crippen molar-refractivity contribution in [3.05, 3.63) is 18.5 Å². The molecule has 0 N–H and O–H groups in total. The van der Waals surface area contributed by atoms with Crippen LogP contribution in [0.2, 0.25) is 0 Å². The maximum absolute atomic E-state index is 12.7. The molecule has 0 saturated carbocycles. The van der Waals surface area contributed by atoms with Gasteiger partial charge in [0.05, 0.1) is 19.3 Å². The summed E-state index contributed by atoms with van der Waals surface area (Å²) >= 11 is 0. The lowest BCUT2D eigenvalue weighted by Gasteiger charge is -2.33. The molecule has 3 aliphatic heterocycles. The molecule has 0 aliphatic carbocycles. The van der Waals surface area contributed by atoms with Crippen molar-refractivity contribution in [3.63, 3.8) is 0 Å². The van der Waals surface area contributed by atoms with E-state index in [1.807, 2.05) is 11.0 Å². The number of nitrogens with zero attached hydrogens (tertiary/aromatic N) is 5. The van der Waals surface area contributed by atoms with Gasteiger partial charge in [0.1, 0.15) is 0 Å².